The van der Waals surface area contributed by atoms with Crippen LogP contribution in [0.25, 0.3) is 27.8 Å². The third-order valence-electron chi connectivity index (χ3n) is 4.50. The van der Waals surface area contributed by atoms with Crippen LogP contribution in [0.2, 0.25) is 0 Å². The SMILES string of the molecule is Cc1noc(C)c1-c1c(NC(N)=O)c2ccccc2n1-c1ccc(O)cc1. The van der Waals surface area contributed by atoms with Crippen LogP contribution in [0.5, 0.6) is 5.75 Å². The van der Waals surface area contributed by atoms with E-state index in [9.17, 15) is 9.90 Å². The Bertz CT molecular complexity index is 1140. The van der Waals surface area contributed by atoms with Gasteiger partial charge in [0, 0.05) is 11.1 Å². The number of rotatable bonds is 3. The van der Waals surface area contributed by atoms with Gasteiger partial charge >= 0.3 is 6.03 Å². The van der Waals surface area contributed by atoms with Crippen molar-refractivity contribution < 1.29 is 14.4 Å². The lowest BCUT2D eigenvalue weighted by molar-refractivity contribution is 0.259. The predicted molar refractivity (Wildman–Crippen MR) is 103 cm³/mol. The molecule has 2 aromatic carbocycles. The number of benzene rings is 2. The number of phenolic OH excluding ortho intramolecular Hbond substituents is 1. The summed E-state index contributed by atoms with van der Waals surface area (Å²) in [5.74, 6) is 0.799. The van der Waals surface area contributed by atoms with Crippen LogP contribution < -0.4 is 11.1 Å². The number of primary amides is 1. The van der Waals surface area contributed by atoms with E-state index in [4.69, 9.17) is 10.3 Å². The first-order valence-corrected chi connectivity index (χ1v) is 8.40. The Labute approximate surface area is 155 Å². The number of nitrogens with one attached hydrogen (secondary N) is 1. The van der Waals surface area contributed by atoms with Crippen molar-refractivity contribution in [3.8, 4) is 22.7 Å². The number of hydrogen-bond acceptors (Lipinski definition) is 4. The van der Waals surface area contributed by atoms with E-state index < -0.39 is 6.03 Å². The molecule has 4 N–H and O–H groups in total. The first kappa shape index (κ1) is 16.7. The van der Waals surface area contributed by atoms with Crippen molar-refractivity contribution >= 4 is 22.6 Å². The van der Waals surface area contributed by atoms with Gasteiger partial charge in [0.05, 0.1) is 28.2 Å². The number of carbonyl (C=O) groups excluding carboxylic acids is 1. The number of phenols is 1. The van der Waals surface area contributed by atoms with Crippen molar-refractivity contribution in [1.29, 1.82) is 0 Å². The van der Waals surface area contributed by atoms with E-state index in [1.807, 2.05) is 42.7 Å². The number of nitrogens with zero attached hydrogens (tertiary/aromatic N) is 2. The minimum atomic E-state index is -0.656. The van der Waals surface area contributed by atoms with E-state index in [1.54, 1.807) is 24.3 Å². The predicted octanol–water partition coefficient (Wildman–Crippen LogP) is 4.10. The van der Waals surface area contributed by atoms with Crippen molar-refractivity contribution in [1.82, 2.24) is 9.72 Å². The average molecular weight is 362 g/mol. The largest absolute Gasteiger partial charge is 0.508 e. The highest BCUT2D eigenvalue weighted by atomic mass is 16.5. The zero-order valence-corrected chi connectivity index (χ0v) is 14.9. The van der Waals surface area contributed by atoms with Crippen LogP contribution in [0, 0.1) is 13.8 Å². The summed E-state index contributed by atoms with van der Waals surface area (Å²) in [5.41, 5.74) is 9.92. The van der Waals surface area contributed by atoms with Crippen LogP contribution in [-0.2, 0) is 0 Å². The van der Waals surface area contributed by atoms with Crippen LogP contribution in [-0.4, -0.2) is 20.9 Å². The molecule has 0 aliphatic heterocycles. The molecule has 7 nitrogen and oxygen atoms in total. The van der Waals surface area contributed by atoms with Gasteiger partial charge in [-0.2, -0.15) is 0 Å². The Kier molecular flexibility index (Phi) is 3.84. The van der Waals surface area contributed by atoms with Crippen LogP contribution in [0.1, 0.15) is 11.5 Å². The van der Waals surface area contributed by atoms with E-state index in [-0.39, 0.29) is 5.75 Å². The number of anilines is 1. The highest BCUT2D eigenvalue weighted by Crippen LogP contribution is 2.42. The third kappa shape index (κ3) is 2.69. The summed E-state index contributed by atoms with van der Waals surface area (Å²) in [5, 5.41) is 17.3. The summed E-state index contributed by atoms with van der Waals surface area (Å²) in [6, 6.07) is 13.9. The molecule has 4 aromatic rings. The number of hydrogen-bond donors (Lipinski definition) is 3. The number of amides is 2. The van der Waals surface area contributed by atoms with Gasteiger partial charge in [0.1, 0.15) is 11.5 Å². The normalized spacial score (nSPS) is 11.0. The van der Waals surface area contributed by atoms with Gasteiger partial charge in [-0.25, -0.2) is 4.79 Å². The molecule has 2 amide bonds. The molecule has 27 heavy (non-hydrogen) atoms. The Morgan fingerprint density at radius 1 is 1.15 bits per heavy atom. The minimum absolute atomic E-state index is 0.171. The van der Waals surface area contributed by atoms with Crippen LogP contribution in [0.15, 0.2) is 53.1 Å². The van der Waals surface area contributed by atoms with Crippen molar-refractivity contribution in [2.75, 3.05) is 5.32 Å². The van der Waals surface area contributed by atoms with Crippen molar-refractivity contribution in [3.05, 3.63) is 60.0 Å². The number of aryl methyl sites for hydroxylation is 2. The van der Waals surface area contributed by atoms with Crippen LogP contribution in [0.3, 0.4) is 0 Å². The van der Waals surface area contributed by atoms with Crippen molar-refractivity contribution in [3.63, 3.8) is 0 Å². The zero-order valence-electron chi connectivity index (χ0n) is 14.9. The van der Waals surface area contributed by atoms with Gasteiger partial charge in [0.15, 0.2) is 0 Å². The molecular formula is C20H18N4O3. The molecule has 2 aromatic heterocycles. The molecule has 0 aliphatic carbocycles. The summed E-state index contributed by atoms with van der Waals surface area (Å²) < 4.78 is 7.36. The van der Waals surface area contributed by atoms with Gasteiger partial charge in [0.25, 0.3) is 0 Å². The van der Waals surface area contributed by atoms with Gasteiger partial charge in [0.2, 0.25) is 0 Å². The molecule has 2 heterocycles. The number of para-hydroxylation sites is 1. The number of fused-ring (bicyclic) bond motifs is 1. The quantitative estimate of drug-likeness (QED) is 0.510. The van der Waals surface area contributed by atoms with Gasteiger partial charge in [-0.15, -0.1) is 0 Å². The number of carbonyl (C=O) groups is 1. The maximum absolute atomic E-state index is 11.7. The van der Waals surface area contributed by atoms with Gasteiger partial charge in [-0.1, -0.05) is 23.4 Å². The molecule has 7 heteroatoms. The molecule has 0 unspecified atom stereocenters. The topological polar surface area (TPSA) is 106 Å². The van der Waals surface area contributed by atoms with Gasteiger partial charge in [-0.05, 0) is 44.2 Å². The molecule has 0 radical (unpaired) electrons. The second-order valence-corrected chi connectivity index (χ2v) is 6.28. The Balaban J connectivity index is 2.16. The molecule has 0 bridgehead atoms. The van der Waals surface area contributed by atoms with E-state index >= 15 is 0 Å². The van der Waals surface area contributed by atoms with Gasteiger partial charge < -0.3 is 25.2 Å². The third-order valence-corrected chi connectivity index (χ3v) is 4.50. The highest BCUT2D eigenvalue weighted by Gasteiger charge is 2.25. The molecule has 0 atom stereocenters. The van der Waals surface area contributed by atoms with Crippen LogP contribution >= 0.6 is 0 Å². The summed E-state index contributed by atoms with van der Waals surface area (Å²) in [4.78, 5) is 11.7. The molecule has 0 saturated heterocycles. The van der Waals surface area contributed by atoms with Crippen molar-refractivity contribution in [2.45, 2.75) is 13.8 Å². The monoisotopic (exact) mass is 362 g/mol. The summed E-state index contributed by atoms with van der Waals surface area (Å²) >= 11 is 0. The first-order valence-electron chi connectivity index (χ1n) is 8.40. The smallest absolute Gasteiger partial charge is 0.316 e. The second-order valence-electron chi connectivity index (χ2n) is 6.28. The first-order chi connectivity index (χ1) is 13.0. The number of urea groups is 1. The number of aromatic hydroxyl groups is 1. The average Bonchev–Trinajstić information content (AvgIpc) is 3.13. The fraction of sp³-hybridized carbons (Fsp3) is 0.100. The van der Waals surface area contributed by atoms with Crippen LogP contribution in [0.4, 0.5) is 10.5 Å². The van der Waals surface area contributed by atoms with E-state index in [2.05, 4.69) is 10.5 Å². The Morgan fingerprint density at radius 3 is 2.48 bits per heavy atom. The number of nitrogens with two attached hydrogens (primary N) is 1. The molecule has 0 saturated carbocycles. The van der Waals surface area contributed by atoms with E-state index in [1.165, 1.54) is 0 Å². The van der Waals surface area contributed by atoms with Crippen molar-refractivity contribution in [2.24, 2.45) is 5.73 Å². The molecule has 0 aliphatic rings. The van der Waals surface area contributed by atoms with E-state index in [0.717, 1.165) is 27.8 Å². The molecule has 0 fully saturated rings. The zero-order chi connectivity index (χ0) is 19.1. The molecule has 136 valence electrons. The molecular weight excluding hydrogens is 344 g/mol. The number of aromatic nitrogens is 2. The molecule has 0 spiro atoms. The van der Waals surface area contributed by atoms with Gasteiger partial charge in [-0.3, -0.25) is 0 Å². The summed E-state index contributed by atoms with van der Waals surface area (Å²) in [7, 11) is 0. The second kappa shape index (κ2) is 6.21. The fourth-order valence-corrected chi connectivity index (χ4v) is 3.42. The summed E-state index contributed by atoms with van der Waals surface area (Å²) in [6.07, 6.45) is 0. The standard InChI is InChI=1S/C20H18N4O3/c1-11-17(12(2)27-23-11)19-18(22-20(21)26)15-5-3-4-6-16(15)24(19)13-7-9-14(25)10-8-13/h3-10,25H,1-2H3,(H3,21,22,26). The molecule has 4 rings (SSSR count). The Morgan fingerprint density at radius 2 is 1.85 bits per heavy atom. The highest BCUT2D eigenvalue weighted by molar-refractivity contribution is 6.09. The Hall–Kier alpha value is -3.74. The lowest BCUT2D eigenvalue weighted by atomic mass is 10.1. The lowest BCUT2D eigenvalue weighted by Gasteiger charge is -2.13. The maximum Gasteiger partial charge on any atom is 0.316 e. The maximum atomic E-state index is 11.7. The minimum Gasteiger partial charge on any atom is -0.508 e. The van der Waals surface area contributed by atoms with E-state index in [0.29, 0.717) is 17.1 Å². The lowest BCUT2D eigenvalue weighted by Crippen LogP contribution is -2.19. The fourth-order valence-electron chi connectivity index (χ4n) is 3.42. The summed E-state index contributed by atoms with van der Waals surface area (Å²) in [6.45, 7) is 3.67.